The van der Waals surface area contributed by atoms with Gasteiger partial charge in [-0.3, -0.25) is 19.4 Å². The lowest BCUT2D eigenvalue weighted by atomic mass is 10.1. The molecule has 2 aliphatic heterocycles. The van der Waals surface area contributed by atoms with Crippen molar-refractivity contribution in [2.75, 3.05) is 66.7 Å². The lowest BCUT2D eigenvalue weighted by Gasteiger charge is -2.32. The predicted molar refractivity (Wildman–Crippen MR) is 289 cm³/mol. The van der Waals surface area contributed by atoms with E-state index in [9.17, 15) is 23.5 Å². The van der Waals surface area contributed by atoms with Gasteiger partial charge >= 0.3 is 0 Å². The molecule has 0 aliphatic carbocycles. The number of thioether (sulfide) groups is 1. The number of hydrogen-bond acceptors (Lipinski definition) is 14. The van der Waals surface area contributed by atoms with Crippen LogP contribution in [-0.2, 0) is 0 Å². The zero-order valence-corrected chi connectivity index (χ0v) is 44.2. The molecule has 0 amide bonds. The molecular formula is C48H60BrF2N8O6PS3. The summed E-state index contributed by atoms with van der Waals surface area (Å²) in [4.78, 5) is 37.0. The summed E-state index contributed by atoms with van der Waals surface area (Å²) in [5.74, 6) is -0.633. The molecule has 2 fully saturated rings. The van der Waals surface area contributed by atoms with E-state index in [1.165, 1.54) is 36.9 Å². The Morgan fingerprint density at radius 3 is 1.86 bits per heavy atom. The third-order valence-corrected chi connectivity index (χ3v) is 13.0. The summed E-state index contributed by atoms with van der Waals surface area (Å²) >= 11 is 10.7. The number of hydrogen-bond donors (Lipinski definition) is 6. The Hall–Kier alpha value is -4.95. The number of ether oxygens (including phenoxy) is 2. The zero-order chi connectivity index (χ0) is 49.2. The Kier molecular flexibility index (Phi) is 23.5. The van der Waals surface area contributed by atoms with Gasteiger partial charge in [-0.2, -0.15) is 14.9 Å². The number of nitrogen functional groups attached to an aromatic ring is 1. The molecule has 1 aromatic heterocycles. The minimum Gasteiger partial charge on any atom is -0.505 e. The number of alkyl halides is 1. The number of amidine groups is 1. The number of Topliss-reactive ketones (excluding diaryl/α,β-unsaturated/α-hetero) is 1. The van der Waals surface area contributed by atoms with Crippen LogP contribution in [0.5, 0.6) is 23.0 Å². The molecule has 0 saturated carbocycles. The lowest BCUT2D eigenvalue weighted by molar-refractivity contribution is 0.0919. The first-order valence-corrected chi connectivity index (χ1v) is 25.4. The number of carbonyl (C=O) groups is 2. The molecular weight excluding hydrogens is 1030 g/mol. The van der Waals surface area contributed by atoms with Crippen molar-refractivity contribution in [2.45, 2.75) is 58.7 Å². The first-order valence-electron chi connectivity index (χ1n) is 22.1. The third kappa shape index (κ3) is 18.1. The highest BCUT2D eigenvalue weighted by atomic mass is 79.9. The molecule has 2 aliphatic rings. The van der Waals surface area contributed by atoms with Crippen LogP contribution in [0.1, 0.15) is 72.0 Å². The number of thiocarbonyl (C=S) groups is 1. The maximum Gasteiger partial charge on any atom is 0.206 e. The van der Waals surface area contributed by atoms with E-state index in [0.29, 0.717) is 15.4 Å². The van der Waals surface area contributed by atoms with Gasteiger partial charge in [0, 0.05) is 35.6 Å². The van der Waals surface area contributed by atoms with Crippen LogP contribution in [-0.4, -0.2) is 109 Å². The highest BCUT2D eigenvalue weighted by Gasteiger charge is 2.22. The number of ketones is 2. The highest BCUT2D eigenvalue weighted by molar-refractivity contribution is 9.09. The van der Waals surface area contributed by atoms with Crippen LogP contribution in [0.4, 0.5) is 31.1 Å². The van der Waals surface area contributed by atoms with Gasteiger partial charge in [0.05, 0.1) is 5.33 Å². The zero-order valence-electron chi connectivity index (χ0n) is 38.8. The van der Waals surface area contributed by atoms with Gasteiger partial charge in [0.2, 0.25) is 5.78 Å². The number of aromatic nitrogens is 1. The van der Waals surface area contributed by atoms with Gasteiger partial charge in [-0.1, -0.05) is 59.8 Å². The molecule has 21 heteroatoms. The molecule has 69 heavy (non-hydrogen) atoms. The molecule has 2 saturated heterocycles. The van der Waals surface area contributed by atoms with Crippen molar-refractivity contribution >= 4 is 105 Å². The number of halogens is 3. The van der Waals surface area contributed by atoms with Crippen molar-refractivity contribution in [2.24, 2.45) is 10.7 Å². The first-order chi connectivity index (χ1) is 32.7. The number of thiazole rings is 1. The number of anilines is 4. The Morgan fingerprint density at radius 2 is 1.36 bits per heavy atom. The summed E-state index contributed by atoms with van der Waals surface area (Å²) < 4.78 is 38.5. The van der Waals surface area contributed by atoms with Gasteiger partial charge in [-0.25, -0.2) is 13.8 Å². The van der Waals surface area contributed by atoms with Gasteiger partial charge in [0.25, 0.3) is 0 Å². The van der Waals surface area contributed by atoms with E-state index < -0.39 is 28.9 Å². The number of aliphatic imine (C=N–C) groups is 1. The molecule has 372 valence electrons. The van der Waals surface area contributed by atoms with Gasteiger partial charge in [-0.15, -0.1) is 0 Å². The maximum absolute atomic E-state index is 13.6. The standard InChI is InChI=1S/C23H25FN4O3S.C17H26N4OS2.C8H6BrFO2.H3P/c1-2-28-11-3-4-17(13-28)31-16-8-6-15(7-9-16)26-23-27-22(25)21(32-23)20(30)14-5-10-19(29)18(24)12-14;1-3-21-11-5-6-15(12-21)22-14-9-7-13(8-10-14)19-17(23)20-16(18)24-4-2;9-4-8(12)5-1-2-7(11)6(10)3-5;/h5-10,12,17,29H,2-4,11,13,25H2,1H3,(H,26,27);7-10,15H,3-6,11-12H2,1-2H3,(H3,18,19,20,23);1-3,11H,4H2;1H3. The summed E-state index contributed by atoms with van der Waals surface area (Å²) in [5.41, 5.74) is 13.7. The molecule has 7 rings (SSSR count). The molecule has 3 heterocycles. The van der Waals surface area contributed by atoms with E-state index in [1.807, 2.05) is 55.5 Å². The van der Waals surface area contributed by atoms with Gasteiger partial charge in [0.15, 0.2) is 44.3 Å². The number of likely N-dealkylation sites (N-methyl/N-ethyl adjacent to an activating group) is 2. The number of benzene rings is 4. The predicted octanol–water partition coefficient (Wildman–Crippen LogP) is 9.89. The van der Waals surface area contributed by atoms with Gasteiger partial charge in [0.1, 0.15) is 34.4 Å². The minimum absolute atomic E-state index is 0. The number of phenolic OH excluding ortho intramolecular Hbond substituents is 2. The molecule has 8 N–H and O–H groups in total. The number of phenols is 2. The van der Waals surface area contributed by atoms with Crippen molar-refractivity contribution in [1.29, 1.82) is 0 Å². The lowest BCUT2D eigenvalue weighted by Crippen LogP contribution is -2.40. The topological polar surface area (TPSA) is 201 Å². The Balaban J connectivity index is 0.000000247. The number of nitrogens with one attached hydrogen (secondary N) is 2. The van der Waals surface area contributed by atoms with E-state index in [4.69, 9.17) is 38.3 Å². The number of piperidine rings is 2. The minimum atomic E-state index is -0.866. The summed E-state index contributed by atoms with van der Waals surface area (Å²) in [6, 6.07) is 22.4. The summed E-state index contributed by atoms with van der Waals surface area (Å²) in [7, 11) is 0. The second-order valence-electron chi connectivity index (χ2n) is 15.5. The SMILES string of the molecule is CCN1CCCC(Oc2ccc(Nc3nc(N)c(C(=O)c4ccc(O)c(F)c4)s3)cc2)C1.CCSC(N)=NC(=S)Nc1ccc(OC2CCCN(CC)C2)cc1.O=C(CBr)c1ccc(O)c(F)c1.P. The molecule has 4 aromatic carbocycles. The van der Waals surface area contributed by atoms with Crippen LogP contribution < -0.4 is 31.6 Å². The van der Waals surface area contributed by atoms with Crippen LogP contribution >= 0.6 is 61.1 Å². The molecule has 3 unspecified atom stereocenters. The number of rotatable bonds is 14. The highest BCUT2D eigenvalue weighted by Crippen LogP contribution is 2.31. The molecule has 0 radical (unpaired) electrons. The normalized spacial score (nSPS) is 16.1. The van der Waals surface area contributed by atoms with Crippen molar-refractivity contribution in [3.05, 3.63) is 113 Å². The van der Waals surface area contributed by atoms with Crippen LogP contribution in [0.2, 0.25) is 0 Å². The quantitative estimate of drug-likeness (QED) is 0.0153. The van der Waals surface area contributed by atoms with Crippen molar-refractivity contribution < 1.29 is 38.1 Å². The average molecular weight is 1090 g/mol. The molecule has 5 aromatic rings. The van der Waals surface area contributed by atoms with E-state index in [2.05, 4.69) is 60.2 Å². The van der Waals surface area contributed by atoms with Crippen LogP contribution in [0.25, 0.3) is 0 Å². The van der Waals surface area contributed by atoms with Crippen molar-refractivity contribution in [3.8, 4) is 23.0 Å². The van der Waals surface area contributed by atoms with Crippen molar-refractivity contribution in [3.63, 3.8) is 0 Å². The number of likely N-dealkylation sites (tertiary alicyclic amines) is 2. The fourth-order valence-corrected chi connectivity index (χ4v) is 8.97. The van der Waals surface area contributed by atoms with Gasteiger partial charge < -0.3 is 41.8 Å². The second kappa shape index (κ2) is 28.6. The number of nitrogens with zero attached hydrogens (tertiary/aromatic N) is 4. The number of aromatic hydroxyl groups is 2. The van der Waals surface area contributed by atoms with Crippen LogP contribution in [0.15, 0.2) is 89.9 Å². The summed E-state index contributed by atoms with van der Waals surface area (Å²) in [6.07, 6.45) is 4.97. The molecule has 0 bridgehead atoms. The molecule has 0 spiro atoms. The van der Waals surface area contributed by atoms with E-state index in [1.54, 1.807) is 0 Å². The van der Waals surface area contributed by atoms with E-state index in [0.717, 1.165) is 116 Å². The molecule has 3 atom stereocenters. The number of carbonyl (C=O) groups excluding carboxylic acids is 2. The summed E-state index contributed by atoms with van der Waals surface area (Å²) in [5, 5.41) is 25.8. The number of nitrogens with two attached hydrogens (primary N) is 2. The third-order valence-electron chi connectivity index (χ3n) is 10.6. The van der Waals surface area contributed by atoms with E-state index in [-0.39, 0.29) is 55.0 Å². The monoisotopic (exact) mass is 1090 g/mol. The smallest absolute Gasteiger partial charge is 0.206 e. The van der Waals surface area contributed by atoms with Gasteiger partial charge in [-0.05, 0) is 155 Å². The second-order valence-corrected chi connectivity index (χ2v) is 18.7. The van der Waals surface area contributed by atoms with E-state index >= 15 is 0 Å². The van der Waals surface area contributed by atoms with Crippen molar-refractivity contribution in [1.82, 2.24) is 14.8 Å². The van der Waals surface area contributed by atoms with Crippen LogP contribution in [0, 0.1) is 11.6 Å². The molecule has 14 nitrogen and oxygen atoms in total. The maximum atomic E-state index is 13.6. The van der Waals surface area contributed by atoms with Crippen LogP contribution in [0.3, 0.4) is 0 Å². The Labute approximate surface area is 427 Å². The average Bonchev–Trinajstić information content (AvgIpc) is 3.71. The Morgan fingerprint density at radius 1 is 0.855 bits per heavy atom. The Bertz CT molecular complexity index is 2490. The summed E-state index contributed by atoms with van der Waals surface area (Å²) in [6.45, 7) is 12.7. The fraction of sp³-hybridized carbons (Fsp3) is 0.354. The fourth-order valence-electron chi connectivity index (χ4n) is 7.05. The largest absolute Gasteiger partial charge is 0.505 e. The first kappa shape index (κ1) is 56.6.